The average molecular weight is 452 g/mol. The Morgan fingerprint density at radius 2 is 2.03 bits per heavy atom. The maximum absolute atomic E-state index is 13.1. The van der Waals surface area contributed by atoms with Crippen LogP contribution in [0.25, 0.3) is 0 Å². The lowest BCUT2D eigenvalue weighted by molar-refractivity contribution is 0.0687. The van der Waals surface area contributed by atoms with Crippen LogP contribution in [0.1, 0.15) is 51.2 Å². The van der Waals surface area contributed by atoms with Crippen LogP contribution in [0.4, 0.5) is 4.39 Å². The Morgan fingerprint density at radius 1 is 1.27 bits per heavy atom. The summed E-state index contributed by atoms with van der Waals surface area (Å²) in [6.45, 7) is 0.350. The molecule has 0 radical (unpaired) electrons. The summed E-state index contributed by atoms with van der Waals surface area (Å²) in [5, 5.41) is 12.9. The van der Waals surface area contributed by atoms with Gasteiger partial charge in [-0.05, 0) is 30.5 Å². The number of aromatic hydroxyl groups is 1. The molecule has 170 valence electrons. The second kappa shape index (κ2) is 9.15. The van der Waals surface area contributed by atoms with Crippen LogP contribution < -0.4 is 10.9 Å². The number of amides is 2. The van der Waals surface area contributed by atoms with E-state index >= 15 is 0 Å². The van der Waals surface area contributed by atoms with Crippen LogP contribution in [-0.4, -0.2) is 48.4 Å². The molecule has 1 aromatic carbocycles. The molecule has 0 spiro atoms. The van der Waals surface area contributed by atoms with Gasteiger partial charge < -0.3 is 15.3 Å². The van der Waals surface area contributed by atoms with E-state index in [9.17, 15) is 23.9 Å². The number of halogens is 1. The van der Waals surface area contributed by atoms with E-state index in [1.54, 1.807) is 7.05 Å². The number of hydrogen-bond donors (Lipinski definition) is 2. The lowest BCUT2D eigenvalue weighted by Crippen LogP contribution is -2.40. The number of hydrogen-bond acceptors (Lipinski definition) is 7. The van der Waals surface area contributed by atoms with Crippen LogP contribution in [0.5, 0.6) is 5.75 Å². The number of fused-ring (bicyclic) bond motifs is 1. The molecule has 0 bridgehead atoms. The highest BCUT2D eigenvalue weighted by molar-refractivity contribution is 5.95. The zero-order valence-electron chi connectivity index (χ0n) is 17.7. The molecule has 10 nitrogen and oxygen atoms in total. The van der Waals surface area contributed by atoms with Crippen molar-refractivity contribution in [3.05, 3.63) is 81.8 Å². The van der Waals surface area contributed by atoms with Crippen LogP contribution in [0.15, 0.2) is 47.7 Å². The van der Waals surface area contributed by atoms with E-state index in [0.717, 1.165) is 0 Å². The minimum atomic E-state index is -0.765. The first-order valence-electron chi connectivity index (χ1n) is 10.3. The van der Waals surface area contributed by atoms with Gasteiger partial charge in [0.15, 0.2) is 5.69 Å². The fraction of sp³-hybridized carbons (Fsp3) is 0.273. The normalized spacial score (nSPS) is 14.9. The van der Waals surface area contributed by atoms with Crippen molar-refractivity contribution in [2.75, 3.05) is 7.05 Å². The summed E-state index contributed by atoms with van der Waals surface area (Å²) < 4.78 is 14.4. The Bertz CT molecular complexity index is 1250. The Labute approximate surface area is 187 Å². The van der Waals surface area contributed by atoms with Gasteiger partial charge in [0, 0.05) is 32.5 Å². The van der Waals surface area contributed by atoms with Gasteiger partial charge in [0.25, 0.3) is 17.4 Å². The third-order valence-electron chi connectivity index (χ3n) is 5.48. The van der Waals surface area contributed by atoms with E-state index in [0.29, 0.717) is 24.9 Å². The average Bonchev–Trinajstić information content (AvgIpc) is 2.85. The zero-order chi connectivity index (χ0) is 23.5. The lowest BCUT2D eigenvalue weighted by Gasteiger charge is -2.32. The van der Waals surface area contributed by atoms with Crippen LogP contribution in [-0.2, 0) is 13.1 Å². The molecule has 4 rings (SSSR count). The van der Waals surface area contributed by atoms with E-state index < -0.39 is 40.7 Å². The fourth-order valence-electron chi connectivity index (χ4n) is 3.73. The van der Waals surface area contributed by atoms with Crippen molar-refractivity contribution in [1.82, 2.24) is 29.7 Å². The monoisotopic (exact) mass is 452 g/mol. The number of benzene rings is 1. The molecule has 0 fully saturated rings. The van der Waals surface area contributed by atoms with E-state index in [1.165, 1.54) is 52.3 Å². The first-order chi connectivity index (χ1) is 15.9. The molecular weight excluding hydrogens is 431 g/mol. The van der Waals surface area contributed by atoms with Crippen molar-refractivity contribution >= 4 is 11.8 Å². The van der Waals surface area contributed by atoms with Crippen LogP contribution >= 0.6 is 0 Å². The molecule has 1 atom stereocenters. The first kappa shape index (κ1) is 22.1. The molecule has 2 N–H and O–H groups in total. The van der Waals surface area contributed by atoms with Gasteiger partial charge in [0.05, 0.1) is 12.2 Å². The van der Waals surface area contributed by atoms with Crippen LogP contribution in [0.2, 0.25) is 0 Å². The smallest absolute Gasteiger partial charge is 0.296 e. The summed E-state index contributed by atoms with van der Waals surface area (Å²) in [4.78, 5) is 52.0. The highest BCUT2D eigenvalue weighted by Gasteiger charge is 2.33. The van der Waals surface area contributed by atoms with E-state index in [1.807, 2.05) is 0 Å². The highest BCUT2D eigenvalue weighted by Crippen LogP contribution is 2.29. The second-order valence-corrected chi connectivity index (χ2v) is 7.60. The molecule has 1 aliphatic heterocycles. The minimum absolute atomic E-state index is 0.0488. The predicted molar refractivity (Wildman–Crippen MR) is 114 cm³/mol. The van der Waals surface area contributed by atoms with Gasteiger partial charge in [-0.3, -0.25) is 23.9 Å². The summed E-state index contributed by atoms with van der Waals surface area (Å²) >= 11 is 0. The highest BCUT2D eigenvalue weighted by atomic mass is 19.1. The first-order valence-corrected chi connectivity index (χ1v) is 10.3. The maximum Gasteiger partial charge on any atom is 0.296 e. The maximum atomic E-state index is 13.1. The molecule has 2 aromatic heterocycles. The summed E-state index contributed by atoms with van der Waals surface area (Å²) in [7, 11) is 1.56. The number of carbonyl (C=O) groups is 2. The third-order valence-corrected chi connectivity index (χ3v) is 5.48. The van der Waals surface area contributed by atoms with Crippen molar-refractivity contribution < 1.29 is 19.1 Å². The molecule has 1 unspecified atom stereocenters. The lowest BCUT2D eigenvalue weighted by atomic mass is 10.0. The minimum Gasteiger partial charge on any atom is -0.501 e. The van der Waals surface area contributed by atoms with Crippen molar-refractivity contribution in [3.63, 3.8) is 0 Å². The summed E-state index contributed by atoms with van der Waals surface area (Å²) in [5.41, 5.74) is -0.417. The van der Waals surface area contributed by atoms with Gasteiger partial charge in [-0.2, -0.15) is 0 Å². The molecular formula is C22H21FN6O4. The van der Waals surface area contributed by atoms with Gasteiger partial charge >= 0.3 is 0 Å². The van der Waals surface area contributed by atoms with E-state index in [2.05, 4.69) is 20.3 Å². The van der Waals surface area contributed by atoms with Crippen molar-refractivity contribution in [1.29, 1.82) is 0 Å². The van der Waals surface area contributed by atoms with Crippen molar-refractivity contribution in [2.24, 2.45) is 0 Å². The summed E-state index contributed by atoms with van der Waals surface area (Å²) in [6.07, 6.45) is 5.28. The third kappa shape index (κ3) is 4.43. The zero-order valence-corrected chi connectivity index (χ0v) is 17.7. The molecule has 0 saturated heterocycles. The van der Waals surface area contributed by atoms with Gasteiger partial charge in [-0.25, -0.2) is 14.4 Å². The Kier molecular flexibility index (Phi) is 6.11. The number of aromatic nitrogens is 4. The molecule has 33 heavy (non-hydrogen) atoms. The molecule has 3 heterocycles. The van der Waals surface area contributed by atoms with Gasteiger partial charge in [-0.1, -0.05) is 12.1 Å². The fourth-order valence-corrected chi connectivity index (χ4v) is 3.73. The van der Waals surface area contributed by atoms with E-state index in [4.69, 9.17) is 0 Å². The van der Waals surface area contributed by atoms with Gasteiger partial charge in [0.2, 0.25) is 5.75 Å². The molecule has 3 aromatic rings. The number of rotatable bonds is 5. The SMILES string of the molecule is CN(C(=O)c1cnccn1)C1CCCn2c1nc(C(=O)NCc1ccc(F)cc1)c(O)c2=O. The number of nitrogens with one attached hydrogen (secondary N) is 1. The van der Waals surface area contributed by atoms with Crippen molar-refractivity contribution in [3.8, 4) is 5.75 Å². The summed E-state index contributed by atoms with van der Waals surface area (Å²) in [5.74, 6) is -2.14. The summed E-state index contributed by atoms with van der Waals surface area (Å²) in [6, 6.07) is 4.93. The second-order valence-electron chi connectivity index (χ2n) is 7.60. The topological polar surface area (TPSA) is 130 Å². The molecule has 0 saturated carbocycles. The number of carbonyl (C=O) groups excluding carboxylic acids is 2. The molecule has 2 amide bonds. The number of nitrogens with zero attached hydrogens (tertiary/aromatic N) is 5. The van der Waals surface area contributed by atoms with Crippen LogP contribution in [0.3, 0.4) is 0 Å². The van der Waals surface area contributed by atoms with Crippen LogP contribution in [0, 0.1) is 5.82 Å². The van der Waals surface area contributed by atoms with E-state index in [-0.39, 0.29) is 18.1 Å². The quantitative estimate of drug-likeness (QED) is 0.599. The molecule has 1 aliphatic rings. The Balaban J connectivity index is 1.63. The predicted octanol–water partition coefficient (Wildman–Crippen LogP) is 1.42. The van der Waals surface area contributed by atoms with Crippen molar-refractivity contribution in [2.45, 2.75) is 32.0 Å². The molecule has 0 aliphatic carbocycles. The van der Waals surface area contributed by atoms with Gasteiger partial charge in [0.1, 0.15) is 17.3 Å². The molecule has 11 heteroatoms. The Morgan fingerprint density at radius 3 is 2.73 bits per heavy atom. The van der Waals surface area contributed by atoms with Gasteiger partial charge in [-0.15, -0.1) is 0 Å². The largest absolute Gasteiger partial charge is 0.501 e. The Hall–Kier alpha value is -4.15. The standard InChI is InChI=1S/C22H21FN6O4/c1-28(21(32)15-12-24-8-9-25-15)16-3-2-10-29-19(16)27-17(18(30)22(29)33)20(31)26-11-13-4-6-14(23)7-5-13/h4-9,12,16,30H,2-3,10-11H2,1H3,(H,26,31).